The van der Waals surface area contributed by atoms with E-state index in [1.165, 1.54) is 8.99 Å². The highest BCUT2D eigenvalue weighted by Crippen LogP contribution is 2.30. The van der Waals surface area contributed by atoms with Crippen molar-refractivity contribution in [2.24, 2.45) is 5.14 Å². The molecule has 0 spiro atoms. The van der Waals surface area contributed by atoms with Crippen molar-refractivity contribution >= 4 is 27.5 Å². The summed E-state index contributed by atoms with van der Waals surface area (Å²) in [5.41, 5.74) is 0.754. The second kappa shape index (κ2) is 8.54. The maximum absolute atomic E-state index is 13.3. The highest BCUT2D eigenvalue weighted by atomic mass is 35.5. The van der Waals surface area contributed by atoms with Gasteiger partial charge in [-0.2, -0.15) is 22.5 Å². The summed E-state index contributed by atoms with van der Waals surface area (Å²) in [6.45, 7) is 1.25. The molecule has 4 rings (SSSR count). The smallest absolute Gasteiger partial charge is 0.316 e. The van der Waals surface area contributed by atoms with Crippen molar-refractivity contribution in [2.75, 3.05) is 31.1 Å². The van der Waals surface area contributed by atoms with Crippen molar-refractivity contribution in [1.29, 1.82) is 0 Å². The zero-order valence-electron chi connectivity index (χ0n) is 16.4. The average Bonchev–Trinajstić information content (AvgIpc) is 3.22. The summed E-state index contributed by atoms with van der Waals surface area (Å²) in [4.78, 5) is 15.3. The minimum atomic E-state index is -3.73. The number of halogens is 1. The fourth-order valence-corrected chi connectivity index (χ4v) is 4.77. The van der Waals surface area contributed by atoms with Crippen molar-refractivity contribution in [2.45, 2.75) is 31.8 Å². The van der Waals surface area contributed by atoms with Crippen LogP contribution in [0.3, 0.4) is 0 Å². The van der Waals surface area contributed by atoms with Crippen LogP contribution in [0.5, 0.6) is 5.75 Å². The van der Waals surface area contributed by atoms with E-state index in [1.807, 2.05) is 4.90 Å². The van der Waals surface area contributed by atoms with E-state index in [0.717, 1.165) is 25.7 Å². The Labute approximate surface area is 180 Å². The van der Waals surface area contributed by atoms with Crippen LogP contribution in [-0.4, -0.2) is 54.8 Å². The van der Waals surface area contributed by atoms with Gasteiger partial charge in [-0.3, -0.25) is 4.79 Å². The van der Waals surface area contributed by atoms with Crippen LogP contribution < -0.4 is 20.3 Å². The molecule has 0 radical (unpaired) electrons. The first-order chi connectivity index (χ1) is 14.3. The van der Waals surface area contributed by atoms with E-state index in [1.54, 1.807) is 30.5 Å². The van der Waals surface area contributed by atoms with E-state index >= 15 is 0 Å². The van der Waals surface area contributed by atoms with Gasteiger partial charge in [-0.1, -0.05) is 17.7 Å². The SMILES string of the molecule is NS(=O)(=O)N1CCN(c2cnn(-c3cccc(Cl)c3)c(=O)c2OC2CCCC2)CC1. The highest BCUT2D eigenvalue weighted by Gasteiger charge is 2.29. The topological polar surface area (TPSA) is 111 Å². The summed E-state index contributed by atoms with van der Waals surface area (Å²) in [6, 6.07) is 6.90. The summed E-state index contributed by atoms with van der Waals surface area (Å²) in [5.74, 6) is 0.237. The molecule has 1 aromatic carbocycles. The van der Waals surface area contributed by atoms with Crippen LogP contribution in [0.4, 0.5) is 5.69 Å². The number of rotatable bonds is 5. The number of hydrogen-bond acceptors (Lipinski definition) is 6. The Morgan fingerprint density at radius 1 is 1.13 bits per heavy atom. The van der Waals surface area contributed by atoms with Gasteiger partial charge in [0, 0.05) is 31.2 Å². The summed E-state index contributed by atoms with van der Waals surface area (Å²) >= 11 is 6.08. The molecule has 0 atom stereocenters. The van der Waals surface area contributed by atoms with Gasteiger partial charge in [0.05, 0.1) is 18.0 Å². The van der Waals surface area contributed by atoms with E-state index in [9.17, 15) is 13.2 Å². The highest BCUT2D eigenvalue weighted by molar-refractivity contribution is 7.86. The predicted molar refractivity (Wildman–Crippen MR) is 115 cm³/mol. The zero-order valence-corrected chi connectivity index (χ0v) is 18.0. The number of benzene rings is 1. The predicted octanol–water partition coefficient (Wildman–Crippen LogP) is 1.53. The van der Waals surface area contributed by atoms with Crippen LogP contribution in [0.15, 0.2) is 35.3 Å². The van der Waals surface area contributed by atoms with E-state index in [0.29, 0.717) is 29.5 Å². The van der Waals surface area contributed by atoms with Crippen LogP contribution >= 0.6 is 11.6 Å². The number of aromatic nitrogens is 2. The Bertz CT molecular complexity index is 1080. The van der Waals surface area contributed by atoms with Crippen molar-refractivity contribution in [3.63, 3.8) is 0 Å². The Morgan fingerprint density at radius 2 is 1.83 bits per heavy atom. The van der Waals surface area contributed by atoms with E-state index < -0.39 is 10.2 Å². The van der Waals surface area contributed by atoms with Crippen LogP contribution in [0.2, 0.25) is 5.02 Å². The average molecular weight is 454 g/mol. The summed E-state index contributed by atoms with van der Waals surface area (Å²) in [7, 11) is -3.73. The van der Waals surface area contributed by atoms with Gasteiger partial charge in [-0.25, -0.2) is 5.14 Å². The van der Waals surface area contributed by atoms with Gasteiger partial charge in [-0.05, 0) is 43.9 Å². The van der Waals surface area contributed by atoms with Gasteiger partial charge in [0.15, 0.2) is 0 Å². The molecule has 2 aromatic rings. The molecule has 1 aliphatic carbocycles. The zero-order chi connectivity index (χ0) is 21.3. The Kier molecular flexibility index (Phi) is 6.01. The van der Waals surface area contributed by atoms with Crippen molar-refractivity contribution in [3.05, 3.63) is 45.8 Å². The monoisotopic (exact) mass is 453 g/mol. The van der Waals surface area contributed by atoms with Crippen molar-refractivity contribution < 1.29 is 13.2 Å². The fourth-order valence-electron chi connectivity index (χ4n) is 3.91. The number of hydrogen-bond donors (Lipinski definition) is 1. The number of ether oxygens (including phenoxy) is 1. The summed E-state index contributed by atoms with van der Waals surface area (Å²) in [6.07, 6.45) is 5.52. The molecule has 2 fully saturated rings. The van der Waals surface area contributed by atoms with E-state index in [4.69, 9.17) is 21.5 Å². The number of piperazine rings is 1. The minimum Gasteiger partial charge on any atom is -0.483 e. The lowest BCUT2D eigenvalue weighted by Gasteiger charge is -2.35. The molecule has 30 heavy (non-hydrogen) atoms. The van der Waals surface area contributed by atoms with E-state index in [-0.39, 0.29) is 30.5 Å². The molecule has 1 aromatic heterocycles. The van der Waals surface area contributed by atoms with Crippen LogP contribution in [0, 0.1) is 0 Å². The first kappa shape index (κ1) is 21.1. The molecular formula is C19H24ClN5O4S. The second-order valence-corrected chi connectivity index (χ2v) is 9.49. The number of nitrogens with two attached hydrogens (primary N) is 1. The number of nitrogens with zero attached hydrogens (tertiary/aromatic N) is 4. The van der Waals surface area contributed by atoms with Crippen LogP contribution in [0.1, 0.15) is 25.7 Å². The molecule has 162 valence electrons. The van der Waals surface area contributed by atoms with Crippen LogP contribution in [0.25, 0.3) is 5.69 Å². The first-order valence-corrected chi connectivity index (χ1v) is 11.8. The molecule has 0 unspecified atom stereocenters. The summed E-state index contributed by atoms with van der Waals surface area (Å²) in [5, 5.41) is 10.1. The second-order valence-electron chi connectivity index (χ2n) is 7.51. The van der Waals surface area contributed by atoms with Gasteiger partial charge in [0.1, 0.15) is 5.69 Å². The lowest BCUT2D eigenvalue weighted by atomic mass is 10.2. The van der Waals surface area contributed by atoms with Gasteiger partial charge >= 0.3 is 5.56 Å². The molecule has 2 N–H and O–H groups in total. The third kappa shape index (κ3) is 4.46. The Morgan fingerprint density at radius 3 is 2.47 bits per heavy atom. The maximum atomic E-state index is 13.3. The third-order valence-electron chi connectivity index (χ3n) is 5.49. The molecule has 2 aliphatic rings. The molecule has 1 saturated heterocycles. The van der Waals surface area contributed by atoms with Crippen LogP contribution in [-0.2, 0) is 10.2 Å². The third-order valence-corrected chi connectivity index (χ3v) is 6.81. The van der Waals surface area contributed by atoms with Gasteiger partial charge in [0.25, 0.3) is 10.2 Å². The normalized spacial score (nSPS) is 18.7. The Hall–Kier alpha value is -2.14. The molecule has 0 amide bonds. The lowest BCUT2D eigenvalue weighted by Crippen LogP contribution is -2.51. The standard InChI is InChI=1S/C19H24ClN5O4S/c20-14-4-3-5-15(12-14)25-19(26)18(29-16-6-1-2-7-16)17(13-22-25)23-8-10-24(11-9-23)30(21,27)28/h3-5,12-13,16H,1-2,6-11H2,(H2,21,27,28). The quantitative estimate of drug-likeness (QED) is 0.735. The van der Waals surface area contributed by atoms with Crippen molar-refractivity contribution in [1.82, 2.24) is 14.1 Å². The Balaban J connectivity index is 1.69. The van der Waals surface area contributed by atoms with Gasteiger partial charge < -0.3 is 9.64 Å². The fraction of sp³-hybridized carbons (Fsp3) is 0.474. The molecule has 1 saturated carbocycles. The minimum absolute atomic E-state index is 0.0163. The lowest BCUT2D eigenvalue weighted by molar-refractivity contribution is 0.205. The number of anilines is 1. The molecular weight excluding hydrogens is 430 g/mol. The molecule has 11 heteroatoms. The maximum Gasteiger partial charge on any atom is 0.316 e. The molecule has 2 heterocycles. The van der Waals surface area contributed by atoms with Gasteiger partial charge in [-0.15, -0.1) is 0 Å². The van der Waals surface area contributed by atoms with Crippen molar-refractivity contribution in [3.8, 4) is 11.4 Å². The largest absolute Gasteiger partial charge is 0.483 e. The van der Waals surface area contributed by atoms with E-state index in [2.05, 4.69) is 5.10 Å². The molecule has 1 aliphatic heterocycles. The summed E-state index contributed by atoms with van der Waals surface area (Å²) < 4.78 is 31.9. The molecule has 0 bridgehead atoms. The first-order valence-electron chi connectivity index (χ1n) is 9.91. The molecule has 9 nitrogen and oxygen atoms in total. The van der Waals surface area contributed by atoms with Gasteiger partial charge in [0.2, 0.25) is 5.75 Å².